The SMILES string of the molecule is CNC(=O)C1CCCc2cc(C)cnc21. The molecule has 1 N–H and O–H groups in total. The number of hydrogen-bond donors (Lipinski definition) is 1. The van der Waals surface area contributed by atoms with Crippen LogP contribution < -0.4 is 5.32 Å². The maximum absolute atomic E-state index is 11.7. The van der Waals surface area contributed by atoms with Gasteiger partial charge in [-0.25, -0.2) is 0 Å². The van der Waals surface area contributed by atoms with E-state index in [0.717, 1.165) is 25.0 Å². The van der Waals surface area contributed by atoms with Gasteiger partial charge in [0.25, 0.3) is 0 Å². The van der Waals surface area contributed by atoms with Gasteiger partial charge in [-0.3, -0.25) is 9.78 Å². The largest absolute Gasteiger partial charge is 0.359 e. The van der Waals surface area contributed by atoms with Crippen LogP contribution in [0, 0.1) is 6.92 Å². The van der Waals surface area contributed by atoms with Crippen molar-refractivity contribution in [3.63, 3.8) is 0 Å². The van der Waals surface area contributed by atoms with Crippen LogP contribution in [0.5, 0.6) is 0 Å². The van der Waals surface area contributed by atoms with E-state index in [1.165, 1.54) is 11.1 Å². The molecule has 1 aliphatic rings. The number of nitrogens with zero attached hydrogens (tertiary/aromatic N) is 1. The summed E-state index contributed by atoms with van der Waals surface area (Å²) in [6.07, 6.45) is 4.90. The third-order valence-corrected chi connectivity index (χ3v) is 2.97. The molecule has 15 heavy (non-hydrogen) atoms. The number of hydrogen-bond acceptors (Lipinski definition) is 2. The molecule has 80 valence electrons. The fourth-order valence-electron chi connectivity index (χ4n) is 2.22. The van der Waals surface area contributed by atoms with Crippen LogP contribution in [0.3, 0.4) is 0 Å². The molecule has 0 radical (unpaired) electrons. The van der Waals surface area contributed by atoms with Crippen LogP contribution >= 0.6 is 0 Å². The lowest BCUT2D eigenvalue weighted by atomic mass is 9.85. The van der Waals surface area contributed by atoms with E-state index < -0.39 is 0 Å². The van der Waals surface area contributed by atoms with E-state index in [2.05, 4.69) is 16.4 Å². The maximum atomic E-state index is 11.7. The summed E-state index contributed by atoms with van der Waals surface area (Å²) >= 11 is 0. The Kier molecular flexibility index (Phi) is 2.71. The van der Waals surface area contributed by atoms with Gasteiger partial charge in [-0.1, -0.05) is 6.07 Å². The molecule has 0 aliphatic heterocycles. The quantitative estimate of drug-likeness (QED) is 0.754. The Morgan fingerprint density at radius 2 is 2.40 bits per heavy atom. The van der Waals surface area contributed by atoms with Gasteiger partial charge in [-0.05, 0) is 37.3 Å². The Hall–Kier alpha value is -1.38. The topological polar surface area (TPSA) is 42.0 Å². The van der Waals surface area contributed by atoms with Gasteiger partial charge in [0, 0.05) is 13.2 Å². The Labute approximate surface area is 89.9 Å². The second-order valence-corrected chi connectivity index (χ2v) is 4.12. The van der Waals surface area contributed by atoms with E-state index in [9.17, 15) is 4.79 Å². The van der Waals surface area contributed by atoms with Crippen LogP contribution in [-0.4, -0.2) is 17.9 Å². The highest BCUT2D eigenvalue weighted by Crippen LogP contribution is 2.30. The molecule has 0 saturated heterocycles. The fourth-order valence-corrected chi connectivity index (χ4v) is 2.22. The van der Waals surface area contributed by atoms with Gasteiger partial charge < -0.3 is 5.32 Å². The molecule has 1 aromatic heterocycles. The van der Waals surface area contributed by atoms with Crippen LogP contribution in [0.15, 0.2) is 12.3 Å². The molecule has 1 unspecified atom stereocenters. The number of fused-ring (bicyclic) bond motifs is 1. The van der Waals surface area contributed by atoms with Crippen molar-refractivity contribution in [3.05, 3.63) is 29.1 Å². The molecule has 0 aromatic carbocycles. The summed E-state index contributed by atoms with van der Waals surface area (Å²) < 4.78 is 0. The van der Waals surface area contributed by atoms with Gasteiger partial charge in [0.15, 0.2) is 0 Å². The van der Waals surface area contributed by atoms with Crippen LogP contribution in [0.4, 0.5) is 0 Å². The van der Waals surface area contributed by atoms with Crippen LogP contribution in [0.2, 0.25) is 0 Å². The molecule has 1 aromatic rings. The summed E-state index contributed by atoms with van der Waals surface area (Å²) in [5.74, 6) is 0.0478. The fraction of sp³-hybridized carbons (Fsp3) is 0.500. The first-order valence-corrected chi connectivity index (χ1v) is 5.39. The molecule has 1 heterocycles. The molecule has 1 aliphatic carbocycles. The van der Waals surface area contributed by atoms with Crippen LogP contribution in [0.25, 0.3) is 0 Å². The van der Waals surface area contributed by atoms with Crippen LogP contribution in [-0.2, 0) is 11.2 Å². The zero-order valence-corrected chi connectivity index (χ0v) is 9.21. The third-order valence-electron chi connectivity index (χ3n) is 2.97. The molecule has 1 atom stereocenters. The summed E-state index contributed by atoms with van der Waals surface area (Å²) in [5, 5.41) is 2.71. The first kappa shape index (κ1) is 10.1. The zero-order valence-electron chi connectivity index (χ0n) is 9.21. The number of nitrogens with one attached hydrogen (secondary N) is 1. The number of carbonyl (C=O) groups is 1. The van der Waals surface area contributed by atoms with Gasteiger partial charge in [-0.15, -0.1) is 0 Å². The molecule has 1 amide bonds. The lowest BCUT2D eigenvalue weighted by molar-refractivity contribution is -0.122. The number of amides is 1. The van der Waals surface area contributed by atoms with Gasteiger partial charge in [0.1, 0.15) is 0 Å². The van der Waals surface area contributed by atoms with Gasteiger partial charge in [-0.2, -0.15) is 0 Å². The van der Waals surface area contributed by atoms with E-state index in [0.29, 0.717) is 0 Å². The summed E-state index contributed by atoms with van der Waals surface area (Å²) in [4.78, 5) is 16.1. The second kappa shape index (κ2) is 4.01. The highest BCUT2D eigenvalue weighted by atomic mass is 16.1. The minimum Gasteiger partial charge on any atom is -0.359 e. The summed E-state index contributed by atoms with van der Waals surface area (Å²) in [5.41, 5.74) is 3.40. The first-order chi connectivity index (χ1) is 7.22. The molecular weight excluding hydrogens is 188 g/mol. The van der Waals surface area contributed by atoms with Crippen molar-refractivity contribution in [1.29, 1.82) is 0 Å². The summed E-state index contributed by atoms with van der Waals surface area (Å²) in [6.45, 7) is 2.04. The predicted molar refractivity (Wildman–Crippen MR) is 58.7 cm³/mol. The molecule has 0 fully saturated rings. The Morgan fingerprint density at radius 3 is 3.13 bits per heavy atom. The van der Waals surface area contributed by atoms with Crippen molar-refractivity contribution in [2.24, 2.45) is 0 Å². The number of pyridine rings is 1. The Bertz CT molecular complexity index is 387. The van der Waals surface area contributed by atoms with Crippen molar-refractivity contribution in [2.45, 2.75) is 32.1 Å². The van der Waals surface area contributed by atoms with E-state index >= 15 is 0 Å². The molecule has 3 heteroatoms. The normalized spacial score (nSPS) is 19.5. The lowest BCUT2D eigenvalue weighted by Gasteiger charge is -2.23. The smallest absolute Gasteiger partial charge is 0.228 e. The molecule has 2 rings (SSSR count). The van der Waals surface area contributed by atoms with Crippen molar-refractivity contribution < 1.29 is 4.79 Å². The van der Waals surface area contributed by atoms with Crippen LogP contribution in [0.1, 0.15) is 35.6 Å². The highest BCUT2D eigenvalue weighted by Gasteiger charge is 2.26. The maximum Gasteiger partial charge on any atom is 0.228 e. The molecule has 0 saturated carbocycles. The number of aromatic nitrogens is 1. The van der Waals surface area contributed by atoms with E-state index in [1.807, 2.05) is 13.1 Å². The first-order valence-electron chi connectivity index (χ1n) is 5.39. The minimum absolute atomic E-state index is 0.0423. The number of rotatable bonds is 1. The third kappa shape index (κ3) is 1.87. The molecule has 0 bridgehead atoms. The monoisotopic (exact) mass is 204 g/mol. The van der Waals surface area contributed by atoms with E-state index in [-0.39, 0.29) is 11.8 Å². The number of carbonyl (C=O) groups excluding carboxylic acids is 1. The molecular formula is C12H16N2O. The number of aryl methyl sites for hydroxylation is 2. The van der Waals surface area contributed by atoms with Crippen molar-refractivity contribution >= 4 is 5.91 Å². The molecule has 0 spiro atoms. The van der Waals surface area contributed by atoms with Gasteiger partial charge in [0.05, 0.1) is 11.6 Å². The zero-order chi connectivity index (χ0) is 10.8. The lowest BCUT2D eigenvalue weighted by Crippen LogP contribution is -2.29. The highest BCUT2D eigenvalue weighted by molar-refractivity contribution is 5.83. The van der Waals surface area contributed by atoms with Crippen molar-refractivity contribution in [3.8, 4) is 0 Å². The van der Waals surface area contributed by atoms with Crippen molar-refractivity contribution in [2.75, 3.05) is 7.05 Å². The summed E-state index contributed by atoms with van der Waals surface area (Å²) in [6, 6.07) is 2.15. The van der Waals surface area contributed by atoms with E-state index in [4.69, 9.17) is 0 Å². The van der Waals surface area contributed by atoms with Gasteiger partial charge >= 0.3 is 0 Å². The standard InChI is InChI=1S/C12H16N2O/c1-8-6-9-4-3-5-10(12(15)13-2)11(9)14-7-8/h6-7,10H,3-5H2,1-2H3,(H,13,15). The number of likely N-dealkylation sites (N-methyl/N-ethyl adjacent to an activating group) is 1. The second-order valence-electron chi connectivity index (χ2n) is 4.12. The Balaban J connectivity index is 2.38. The average Bonchev–Trinajstić information content (AvgIpc) is 2.26. The van der Waals surface area contributed by atoms with E-state index in [1.54, 1.807) is 7.05 Å². The average molecular weight is 204 g/mol. The van der Waals surface area contributed by atoms with Crippen molar-refractivity contribution in [1.82, 2.24) is 10.3 Å². The summed E-state index contributed by atoms with van der Waals surface area (Å²) in [7, 11) is 1.69. The predicted octanol–water partition coefficient (Wildman–Crippen LogP) is 1.56. The molecule has 3 nitrogen and oxygen atoms in total. The van der Waals surface area contributed by atoms with Gasteiger partial charge in [0.2, 0.25) is 5.91 Å². The Morgan fingerprint density at radius 1 is 1.60 bits per heavy atom. The minimum atomic E-state index is -0.0423.